The Hall–Kier alpha value is -3.18. The Morgan fingerprint density at radius 3 is 2.55 bits per heavy atom. The molecule has 0 fully saturated rings. The Bertz CT molecular complexity index is 1210. The van der Waals surface area contributed by atoms with Gasteiger partial charge in [0, 0.05) is 4.47 Å². The van der Waals surface area contributed by atoms with Crippen LogP contribution in [0.4, 0.5) is 5.69 Å². The summed E-state index contributed by atoms with van der Waals surface area (Å²) in [6, 6.07) is 11.2. The van der Waals surface area contributed by atoms with E-state index in [1.807, 2.05) is 24.3 Å². The average molecular weight is 553 g/mol. The zero-order valence-corrected chi connectivity index (χ0v) is 19.1. The molecule has 3 aromatic rings. The van der Waals surface area contributed by atoms with Crippen molar-refractivity contribution in [3.63, 3.8) is 0 Å². The van der Waals surface area contributed by atoms with Crippen LogP contribution in [-0.4, -0.2) is 27.1 Å². The zero-order chi connectivity index (χ0) is 22.5. The van der Waals surface area contributed by atoms with Crippen LogP contribution < -0.4 is 15.0 Å². The molecule has 0 spiro atoms. The summed E-state index contributed by atoms with van der Waals surface area (Å²) < 4.78 is 12.9. The molecular formula is C20H15Br2N3O6. The standard InChI is InChI=1S/C20H15Br2N3O6/c1-30-15-9-12(4-7-16-23-19(26)17(25(28)29)20(27)24-16)8-14(22)18(15)31-10-11-2-5-13(21)6-3-11/h2-9H,10H2,1H3,(H2,23,24,26,27)/b7-4-. The molecule has 0 aliphatic carbocycles. The van der Waals surface area contributed by atoms with Gasteiger partial charge < -0.3 is 19.6 Å². The van der Waals surface area contributed by atoms with Gasteiger partial charge in [-0.05, 0) is 57.4 Å². The summed E-state index contributed by atoms with van der Waals surface area (Å²) in [4.78, 5) is 27.4. The van der Waals surface area contributed by atoms with Gasteiger partial charge in [-0.25, -0.2) is 0 Å². The van der Waals surface area contributed by atoms with E-state index in [2.05, 4.69) is 41.8 Å². The Labute approximate surface area is 192 Å². The maximum atomic E-state index is 11.7. The lowest BCUT2D eigenvalue weighted by atomic mass is 10.2. The number of hydrogen-bond acceptors (Lipinski definition) is 7. The second-order valence-electron chi connectivity index (χ2n) is 6.16. The van der Waals surface area contributed by atoms with Crippen molar-refractivity contribution in [2.45, 2.75) is 6.61 Å². The number of aromatic nitrogens is 2. The van der Waals surface area contributed by atoms with E-state index in [4.69, 9.17) is 9.47 Å². The van der Waals surface area contributed by atoms with Gasteiger partial charge in [-0.2, -0.15) is 4.98 Å². The number of rotatable bonds is 7. The molecule has 0 saturated heterocycles. The molecule has 3 rings (SSSR count). The molecule has 1 aromatic heterocycles. The van der Waals surface area contributed by atoms with E-state index >= 15 is 0 Å². The highest BCUT2D eigenvalue weighted by Gasteiger charge is 2.21. The summed E-state index contributed by atoms with van der Waals surface area (Å²) in [5.74, 6) is -0.0103. The van der Waals surface area contributed by atoms with Crippen LogP contribution >= 0.6 is 31.9 Å². The Morgan fingerprint density at radius 1 is 1.23 bits per heavy atom. The summed E-state index contributed by atoms with van der Waals surface area (Å²) >= 11 is 6.85. The van der Waals surface area contributed by atoms with Crippen molar-refractivity contribution in [3.8, 4) is 17.4 Å². The maximum absolute atomic E-state index is 11.7. The first-order valence-corrected chi connectivity index (χ1v) is 10.3. The highest BCUT2D eigenvalue weighted by atomic mass is 79.9. The topological polar surface area (TPSA) is 128 Å². The van der Waals surface area contributed by atoms with Gasteiger partial charge in [-0.1, -0.05) is 34.1 Å². The van der Waals surface area contributed by atoms with Gasteiger partial charge in [-0.15, -0.1) is 0 Å². The summed E-state index contributed by atoms with van der Waals surface area (Å²) in [6.07, 6.45) is 2.99. The molecule has 31 heavy (non-hydrogen) atoms. The molecule has 0 saturated carbocycles. The van der Waals surface area contributed by atoms with Crippen molar-refractivity contribution in [3.05, 3.63) is 82.8 Å². The minimum Gasteiger partial charge on any atom is -0.493 e. The maximum Gasteiger partial charge on any atom is 0.395 e. The second kappa shape index (κ2) is 9.75. The lowest BCUT2D eigenvalue weighted by Gasteiger charge is -2.13. The van der Waals surface area contributed by atoms with Crippen molar-refractivity contribution in [2.24, 2.45) is 0 Å². The van der Waals surface area contributed by atoms with Crippen LogP contribution in [-0.2, 0) is 6.61 Å². The van der Waals surface area contributed by atoms with Crippen LogP contribution in [0, 0.1) is 10.1 Å². The van der Waals surface area contributed by atoms with Crippen molar-refractivity contribution in [2.75, 3.05) is 7.11 Å². The number of benzene rings is 2. The van der Waals surface area contributed by atoms with Crippen LogP contribution in [0.25, 0.3) is 12.2 Å². The van der Waals surface area contributed by atoms with Crippen LogP contribution in [0.15, 0.2) is 50.1 Å². The number of aromatic hydroxyl groups is 1. The van der Waals surface area contributed by atoms with Crippen molar-refractivity contribution >= 4 is 49.7 Å². The first-order chi connectivity index (χ1) is 14.8. The third kappa shape index (κ3) is 5.50. The van der Waals surface area contributed by atoms with Gasteiger partial charge in [0.25, 0.3) is 5.88 Å². The largest absolute Gasteiger partial charge is 0.493 e. The molecule has 1 heterocycles. The number of nitrogens with zero attached hydrogens (tertiary/aromatic N) is 2. The number of methoxy groups -OCH3 is 1. The molecule has 0 aliphatic rings. The fourth-order valence-corrected chi connectivity index (χ4v) is 3.44. The number of ether oxygens (including phenoxy) is 2. The number of hydrogen-bond donors (Lipinski definition) is 2. The number of nitrogens with one attached hydrogen (secondary N) is 1. The van der Waals surface area contributed by atoms with Crippen LogP contribution in [0.2, 0.25) is 0 Å². The summed E-state index contributed by atoms with van der Waals surface area (Å²) in [5, 5.41) is 20.4. The smallest absolute Gasteiger partial charge is 0.395 e. The molecule has 2 aromatic carbocycles. The normalized spacial score (nSPS) is 10.9. The van der Waals surface area contributed by atoms with Crippen LogP contribution in [0.5, 0.6) is 17.4 Å². The average Bonchev–Trinajstić information content (AvgIpc) is 2.71. The monoisotopic (exact) mass is 551 g/mol. The van der Waals surface area contributed by atoms with E-state index < -0.39 is 22.0 Å². The number of halogens is 2. The number of nitro groups is 1. The molecule has 0 atom stereocenters. The van der Waals surface area contributed by atoms with E-state index in [-0.39, 0.29) is 5.82 Å². The molecule has 160 valence electrons. The molecule has 2 N–H and O–H groups in total. The molecule has 0 radical (unpaired) electrons. The van der Waals surface area contributed by atoms with E-state index in [0.717, 1.165) is 10.0 Å². The first kappa shape index (κ1) is 22.5. The van der Waals surface area contributed by atoms with E-state index in [1.165, 1.54) is 13.2 Å². The van der Waals surface area contributed by atoms with E-state index in [0.29, 0.717) is 28.1 Å². The van der Waals surface area contributed by atoms with Gasteiger partial charge in [-0.3, -0.25) is 14.9 Å². The third-order valence-electron chi connectivity index (χ3n) is 4.06. The van der Waals surface area contributed by atoms with Gasteiger partial charge >= 0.3 is 11.2 Å². The fraction of sp³-hybridized carbons (Fsp3) is 0.100. The molecular weight excluding hydrogens is 538 g/mol. The summed E-state index contributed by atoms with van der Waals surface area (Å²) in [7, 11) is 1.51. The lowest BCUT2D eigenvalue weighted by Crippen LogP contribution is -2.14. The minimum atomic E-state index is -1.05. The Kier molecular flexibility index (Phi) is 7.08. The van der Waals surface area contributed by atoms with Gasteiger partial charge in [0.2, 0.25) is 0 Å². The summed E-state index contributed by atoms with van der Waals surface area (Å²) in [5.41, 5.74) is -0.407. The molecule has 11 heteroatoms. The van der Waals surface area contributed by atoms with Gasteiger partial charge in [0.15, 0.2) is 11.5 Å². The van der Waals surface area contributed by atoms with Crippen molar-refractivity contribution < 1.29 is 19.5 Å². The minimum absolute atomic E-state index is 0.0428. The highest BCUT2D eigenvalue weighted by Crippen LogP contribution is 2.37. The Balaban J connectivity index is 1.83. The summed E-state index contributed by atoms with van der Waals surface area (Å²) in [6.45, 7) is 0.338. The lowest BCUT2D eigenvalue weighted by molar-refractivity contribution is -0.387. The first-order valence-electron chi connectivity index (χ1n) is 8.69. The van der Waals surface area contributed by atoms with Crippen molar-refractivity contribution in [1.82, 2.24) is 9.97 Å². The predicted molar refractivity (Wildman–Crippen MR) is 121 cm³/mol. The SMILES string of the molecule is COc1cc(/C=C\c2nc(O)c([N+](=O)[O-])c(=O)[nH]2)cc(Br)c1OCc1ccc(Br)cc1. The van der Waals surface area contributed by atoms with Crippen LogP contribution in [0.1, 0.15) is 17.0 Å². The second-order valence-corrected chi connectivity index (χ2v) is 7.93. The van der Waals surface area contributed by atoms with E-state index in [1.54, 1.807) is 18.2 Å². The molecule has 0 aliphatic heterocycles. The third-order valence-corrected chi connectivity index (χ3v) is 5.18. The van der Waals surface area contributed by atoms with Crippen LogP contribution in [0.3, 0.4) is 0 Å². The quantitative estimate of drug-likeness (QED) is 0.322. The fourth-order valence-electron chi connectivity index (χ4n) is 2.60. The highest BCUT2D eigenvalue weighted by molar-refractivity contribution is 9.10. The van der Waals surface area contributed by atoms with E-state index in [9.17, 15) is 20.0 Å². The molecule has 0 amide bonds. The van der Waals surface area contributed by atoms with Crippen molar-refractivity contribution in [1.29, 1.82) is 0 Å². The molecule has 0 unspecified atom stereocenters. The van der Waals surface area contributed by atoms with Gasteiger partial charge in [0.05, 0.1) is 16.5 Å². The zero-order valence-electron chi connectivity index (χ0n) is 16.0. The number of aromatic amines is 1. The number of H-pyrrole nitrogens is 1. The molecule has 9 nitrogen and oxygen atoms in total. The molecule has 0 bridgehead atoms. The van der Waals surface area contributed by atoms with Gasteiger partial charge in [0.1, 0.15) is 12.4 Å². The predicted octanol–water partition coefficient (Wildman–Crippen LogP) is 4.67. The Morgan fingerprint density at radius 2 is 1.94 bits per heavy atom.